The van der Waals surface area contributed by atoms with Gasteiger partial charge in [-0.05, 0) is 14.0 Å². The molecule has 0 atom stereocenters. The molecule has 0 aromatic carbocycles. The fourth-order valence-electron chi connectivity index (χ4n) is 1.72. The van der Waals surface area contributed by atoms with Gasteiger partial charge in [-0.15, -0.1) is 0 Å². The Balaban J connectivity index is 1.97. The van der Waals surface area contributed by atoms with Crippen molar-refractivity contribution in [3.63, 3.8) is 0 Å². The van der Waals surface area contributed by atoms with Crippen LogP contribution in [-0.2, 0) is 4.74 Å². The van der Waals surface area contributed by atoms with Crippen LogP contribution < -0.4 is 5.32 Å². The molecule has 15 heavy (non-hydrogen) atoms. The van der Waals surface area contributed by atoms with Crippen molar-refractivity contribution in [2.24, 2.45) is 0 Å². The van der Waals surface area contributed by atoms with Gasteiger partial charge in [0.2, 0.25) is 0 Å². The summed E-state index contributed by atoms with van der Waals surface area (Å²) in [5, 5.41) is 3.37. The van der Waals surface area contributed by atoms with Gasteiger partial charge in [0.15, 0.2) is 0 Å². The van der Waals surface area contributed by atoms with Crippen molar-refractivity contribution in [2.45, 2.75) is 6.92 Å². The second kappa shape index (κ2) is 8.05. The first-order valence-electron chi connectivity index (χ1n) is 6.02. The summed E-state index contributed by atoms with van der Waals surface area (Å²) in [7, 11) is 2.17. The minimum Gasteiger partial charge on any atom is -0.380 e. The Hall–Kier alpha value is -0.160. The first kappa shape index (κ1) is 12.9. The Bertz CT molecular complexity index is 149. The van der Waals surface area contributed by atoms with E-state index in [0.29, 0.717) is 0 Å². The minimum absolute atomic E-state index is 0.825. The van der Waals surface area contributed by atoms with Crippen molar-refractivity contribution in [3.05, 3.63) is 0 Å². The van der Waals surface area contributed by atoms with Crippen LogP contribution >= 0.6 is 0 Å². The monoisotopic (exact) mass is 215 g/mol. The van der Waals surface area contributed by atoms with E-state index < -0.39 is 0 Å². The molecule has 4 heteroatoms. The molecular weight excluding hydrogens is 190 g/mol. The maximum Gasteiger partial charge on any atom is 0.0593 e. The molecule has 0 saturated carbocycles. The molecule has 0 aromatic rings. The molecule has 1 rings (SSSR count). The zero-order valence-electron chi connectivity index (χ0n) is 10.2. The summed E-state index contributed by atoms with van der Waals surface area (Å²) in [6.07, 6.45) is 0. The number of rotatable bonds is 7. The van der Waals surface area contributed by atoms with Crippen LogP contribution in [0.25, 0.3) is 0 Å². The van der Waals surface area contributed by atoms with E-state index in [2.05, 4.69) is 22.2 Å². The summed E-state index contributed by atoms with van der Waals surface area (Å²) in [6.45, 7) is 11.8. The van der Waals surface area contributed by atoms with Gasteiger partial charge in [-0.1, -0.05) is 0 Å². The van der Waals surface area contributed by atoms with E-state index in [1.807, 2.05) is 6.92 Å². The van der Waals surface area contributed by atoms with Gasteiger partial charge in [0.05, 0.1) is 6.61 Å². The number of nitrogens with one attached hydrogen (secondary N) is 1. The third kappa shape index (κ3) is 6.10. The van der Waals surface area contributed by atoms with Crippen LogP contribution in [0.5, 0.6) is 0 Å². The Morgan fingerprint density at radius 3 is 2.67 bits per heavy atom. The van der Waals surface area contributed by atoms with Crippen LogP contribution in [0.15, 0.2) is 0 Å². The molecule has 1 aliphatic rings. The molecule has 1 heterocycles. The van der Waals surface area contributed by atoms with Crippen molar-refractivity contribution < 1.29 is 4.74 Å². The molecule has 1 fully saturated rings. The highest BCUT2D eigenvalue weighted by molar-refractivity contribution is 4.68. The number of likely N-dealkylation sites (N-methyl/N-ethyl adjacent to an activating group) is 1. The largest absolute Gasteiger partial charge is 0.380 e. The Morgan fingerprint density at radius 2 is 2.00 bits per heavy atom. The zero-order valence-corrected chi connectivity index (χ0v) is 10.2. The number of piperazine rings is 1. The molecular formula is C11H25N3O. The molecule has 1 saturated heterocycles. The lowest BCUT2D eigenvalue weighted by Crippen LogP contribution is -2.46. The fourth-order valence-corrected chi connectivity index (χ4v) is 1.72. The van der Waals surface area contributed by atoms with E-state index in [4.69, 9.17) is 4.74 Å². The Kier molecular flexibility index (Phi) is 6.92. The normalized spacial score (nSPS) is 18.6. The van der Waals surface area contributed by atoms with Gasteiger partial charge in [0.1, 0.15) is 0 Å². The molecule has 0 amide bonds. The lowest BCUT2D eigenvalue weighted by atomic mass is 10.3. The Morgan fingerprint density at radius 1 is 1.27 bits per heavy atom. The highest BCUT2D eigenvalue weighted by atomic mass is 16.5. The third-order valence-corrected chi connectivity index (χ3v) is 2.83. The van der Waals surface area contributed by atoms with Crippen molar-refractivity contribution in [3.8, 4) is 0 Å². The van der Waals surface area contributed by atoms with Crippen LogP contribution in [0.2, 0.25) is 0 Å². The maximum atomic E-state index is 5.33. The van der Waals surface area contributed by atoms with Crippen LogP contribution in [0.1, 0.15) is 6.92 Å². The molecule has 1 N–H and O–H groups in total. The third-order valence-electron chi connectivity index (χ3n) is 2.83. The second-order valence-corrected chi connectivity index (χ2v) is 4.09. The zero-order chi connectivity index (χ0) is 10.9. The van der Waals surface area contributed by atoms with Crippen molar-refractivity contribution in [1.29, 1.82) is 0 Å². The number of hydrogen-bond acceptors (Lipinski definition) is 4. The quantitative estimate of drug-likeness (QED) is 0.598. The van der Waals surface area contributed by atoms with E-state index in [1.54, 1.807) is 0 Å². The van der Waals surface area contributed by atoms with Crippen molar-refractivity contribution in [1.82, 2.24) is 15.1 Å². The highest BCUT2D eigenvalue weighted by Gasteiger charge is 2.09. The molecule has 4 nitrogen and oxygen atoms in total. The SMILES string of the molecule is CCOCCN(C)CCN1CCNCC1. The van der Waals surface area contributed by atoms with Gasteiger partial charge in [0.25, 0.3) is 0 Å². The lowest BCUT2D eigenvalue weighted by Gasteiger charge is -2.29. The van der Waals surface area contributed by atoms with E-state index in [1.165, 1.54) is 19.6 Å². The number of hydrogen-bond donors (Lipinski definition) is 1. The van der Waals surface area contributed by atoms with E-state index in [-0.39, 0.29) is 0 Å². The predicted molar refractivity (Wildman–Crippen MR) is 63.3 cm³/mol. The lowest BCUT2D eigenvalue weighted by molar-refractivity contribution is 0.116. The van der Waals surface area contributed by atoms with E-state index in [0.717, 1.165) is 39.4 Å². The summed E-state index contributed by atoms with van der Waals surface area (Å²) in [5.41, 5.74) is 0. The molecule has 0 bridgehead atoms. The molecule has 90 valence electrons. The van der Waals surface area contributed by atoms with Crippen LogP contribution in [-0.4, -0.2) is 75.9 Å². The number of ether oxygens (including phenoxy) is 1. The molecule has 0 radical (unpaired) electrons. The Labute approximate surface area is 93.6 Å². The van der Waals surface area contributed by atoms with Crippen LogP contribution in [0, 0.1) is 0 Å². The van der Waals surface area contributed by atoms with E-state index in [9.17, 15) is 0 Å². The van der Waals surface area contributed by atoms with E-state index >= 15 is 0 Å². The maximum absolute atomic E-state index is 5.33. The van der Waals surface area contributed by atoms with Crippen molar-refractivity contribution in [2.75, 3.05) is 66.1 Å². The van der Waals surface area contributed by atoms with Crippen LogP contribution in [0.4, 0.5) is 0 Å². The summed E-state index contributed by atoms with van der Waals surface area (Å²) >= 11 is 0. The second-order valence-electron chi connectivity index (χ2n) is 4.09. The topological polar surface area (TPSA) is 27.7 Å². The van der Waals surface area contributed by atoms with Crippen molar-refractivity contribution >= 4 is 0 Å². The minimum atomic E-state index is 0.825. The predicted octanol–water partition coefficient (Wildman–Crippen LogP) is -0.140. The molecule has 0 aliphatic carbocycles. The van der Waals surface area contributed by atoms with Gasteiger partial charge in [-0.3, -0.25) is 4.90 Å². The van der Waals surface area contributed by atoms with Gasteiger partial charge >= 0.3 is 0 Å². The summed E-state index contributed by atoms with van der Waals surface area (Å²) in [4.78, 5) is 4.87. The van der Waals surface area contributed by atoms with Gasteiger partial charge in [0, 0.05) is 52.4 Å². The molecule has 0 spiro atoms. The van der Waals surface area contributed by atoms with Gasteiger partial charge in [-0.2, -0.15) is 0 Å². The summed E-state index contributed by atoms with van der Waals surface area (Å²) in [6, 6.07) is 0. The molecule has 0 aromatic heterocycles. The van der Waals surface area contributed by atoms with Gasteiger partial charge < -0.3 is 15.0 Å². The summed E-state index contributed by atoms with van der Waals surface area (Å²) in [5.74, 6) is 0. The standard InChI is InChI=1S/C11H25N3O/c1-3-15-11-10-13(2)8-9-14-6-4-12-5-7-14/h12H,3-11H2,1-2H3. The first-order chi connectivity index (χ1) is 7.33. The fraction of sp³-hybridized carbons (Fsp3) is 1.00. The first-order valence-corrected chi connectivity index (χ1v) is 6.02. The highest BCUT2D eigenvalue weighted by Crippen LogP contribution is 1.93. The average molecular weight is 215 g/mol. The smallest absolute Gasteiger partial charge is 0.0593 e. The average Bonchev–Trinajstić information content (AvgIpc) is 2.28. The van der Waals surface area contributed by atoms with Gasteiger partial charge in [-0.25, -0.2) is 0 Å². The van der Waals surface area contributed by atoms with Crippen LogP contribution in [0.3, 0.4) is 0 Å². The summed E-state index contributed by atoms with van der Waals surface area (Å²) < 4.78 is 5.33. The number of nitrogens with zero attached hydrogens (tertiary/aromatic N) is 2. The molecule has 1 aliphatic heterocycles. The molecule has 0 unspecified atom stereocenters.